The number of aryl methyl sites for hydroxylation is 2. The monoisotopic (exact) mass is 492 g/mol. The number of thiophene rings is 1. The van der Waals surface area contributed by atoms with Crippen molar-refractivity contribution in [2.45, 2.75) is 38.6 Å². The van der Waals surface area contributed by atoms with E-state index in [2.05, 4.69) is 44.1 Å². The van der Waals surface area contributed by atoms with Crippen LogP contribution in [0.25, 0.3) is 0 Å². The molecule has 30 heavy (non-hydrogen) atoms. The van der Waals surface area contributed by atoms with Gasteiger partial charge in [-0.1, -0.05) is 22.9 Å². The molecule has 0 radical (unpaired) electrons. The second-order valence-electron chi connectivity index (χ2n) is 7.32. The highest BCUT2D eigenvalue weighted by Crippen LogP contribution is 2.26. The predicted octanol–water partition coefficient (Wildman–Crippen LogP) is 3.83. The quantitative estimate of drug-likeness (QED) is 0.433. The summed E-state index contributed by atoms with van der Waals surface area (Å²) >= 11 is 5.09. The first-order valence-electron chi connectivity index (χ1n) is 10.3. The lowest BCUT2D eigenvalue weighted by Gasteiger charge is -2.20. The number of carbonyl (C=O) groups excluding carboxylic acids is 1. The molecule has 0 aliphatic carbocycles. The lowest BCUT2D eigenvalue weighted by atomic mass is 10.1. The molecule has 1 aromatic carbocycles. The number of guanidine groups is 1. The molecule has 1 unspecified atom stereocenters. The van der Waals surface area contributed by atoms with Gasteiger partial charge in [-0.25, -0.2) is 0 Å². The van der Waals surface area contributed by atoms with Crippen LogP contribution in [0.4, 0.5) is 0 Å². The van der Waals surface area contributed by atoms with Crippen molar-refractivity contribution in [3.8, 4) is 5.75 Å². The lowest BCUT2D eigenvalue weighted by molar-refractivity contribution is 0.0976. The lowest BCUT2D eigenvalue weighted by Crippen LogP contribution is -2.39. The number of benzene rings is 1. The van der Waals surface area contributed by atoms with Crippen molar-refractivity contribution < 1.29 is 9.53 Å². The average Bonchev–Trinajstić information content (AvgIpc) is 3.39. The number of nitrogens with one attached hydrogen (secondary N) is 1. The maximum Gasteiger partial charge on any atom is 0.259 e. The second kappa shape index (κ2) is 10.9. The SMILES string of the molecule is CCN1CCCC1CN=C(N)NC(=O)c1ccsc1CCc1cc(Br)ccc1OC. The first-order chi connectivity index (χ1) is 14.5. The van der Waals surface area contributed by atoms with Gasteiger partial charge in [-0.15, -0.1) is 11.3 Å². The summed E-state index contributed by atoms with van der Waals surface area (Å²) in [5, 5.41) is 4.69. The van der Waals surface area contributed by atoms with Crippen LogP contribution in [0.5, 0.6) is 5.75 Å². The van der Waals surface area contributed by atoms with Crippen molar-refractivity contribution in [3.63, 3.8) is 0 Å². The molecule has 0 spiro atoms. The molecule has 1 atom stereocenters. The van der Waals surface area contributed by atoms with Gasteiger partial charge in [0.25, 0.3) is 5.91 Å². The first kappa shape index (κ1) is 22.8. The Morgan fingerprint density at radius 1 is 1.40 bits per heavy atom. The normalized spacial score (nSPS) is 17.3. The largest absolute Gasteiger partial charge is 0.496 e. The van der Waals surface area contributed by atoms with Crippen LogP contribution in [0.3, 0.4) is 0 Å². The van der Waals surface area contributed by atoms with Crippen LogP contribution in [0.2, 0.25) is 0 Å². The van der Waals surface area contributed by atoms with E-state index in [1.165, 1.54) is 6.42 Å². The minimum Gasteiger partial charge on any atom is -0.496 e. The topological polar surface area (TPSA) is 80.0 Å². The summed E-state index contributed by atoms with van der Waals surface area (Å²) in [6.45, 7) is 4.92. The van der Waals surface area contributed by atoms with Gasteiger partial charge in [0.05, 0.1) is 19.2 Å². The highest BCUT2D eigenvalue weighted by molar-refractivity contribution is 9.10. The summed E-state index contributed by atoms with van der Waals surface area (Å²) in [7, 11) is 1.67. The fraction of sp³-hybridized carbons (Fsp3) is 0.455. The minimum atomic E-state index is -0.201. The summed E-state index contributed by atoms with van der Waals surface area (Å²) in [6, 6.07) is 8.22. The van der Waals surface area contributed by atoms with E-state index in [9.17, 15) is 4.79 Å². The number of aliphatic imine (C=N–C) groups is 1. The van der Waals surface area contributed by atoms with Gasteiger partial charge in [-0.2, -0.15) is 0 Å². The molecule has 6 nitrogen and oxygen atoms in total. The molecule has 1 aliphatic heterocycles. The van der Waals surface area contributed by atoms with Gasteiger partial charge in [0.1, 0.15) is 5.75 Å². The summed E-state index contributed by atoms with van der Waals surface area (Å²) in [6.07, 6.45) is 3.85. The van der Waals surface area contributed by atoms with E-state index >= 15 is 0 Å². The van der Waals surface area contributed by atoms with Crippen molar-refractivity contribution in [1.82, 2.24) is 10.2 Å². The Labute approximate surface area is 190 Å². The Morgan fingerprint density at radius 3 is 3.00 bits per heavy atom. The van der Waals surface area contributed by atoms with E-state index in [1.807, 2.05) is 23.6 Å². The molecule has 0 saturated carbocycles. The maximum absolute atomic E-state index is 12.7. The molecule has 1 aliphatic rings. The van der Waals surface area contributed by atoms with Crippen LogP contribution in [0, 0.1) is 0 Å². The molecular weight excluding hydrogens is 464 g/mol. The van der Waals surface area contributed by atoms with E-state index < -0.39 is 0 Å². The zero-order valence-corrected chi connectivity index (χ0v) is 19.9. The zero-order chi connectivity index (χ0) is 21.5. The second-order valence-corrected chi connectivity index (χ2v) is 9.23. The van der Waals surface area contributed by atoms with Crippen molar-refractivity contribution in [2.24, 2.45) is 10.7 Å². The highest BCUT2D eigenvalue weighted by atomic mass is 79.9. The molecular formula is C22H29BrN4O2S. The van der Waals surface area contributed by atoms with E-state index in [0.717, 1.165) is 53.0 Å². The van der Waals surface area contributed by atoms with Gasteiger partial charge >= 0.3 is 0 Å². The fourth-order valence-electron chi connectivity index (χ4n) is 3.87. The summed E-state index contributed by atoms with van der Waals surface area (Å²) in [4.78, 5) is 20.6. The van der Waals surface area contributed by atoms with E-state index in [-0.39, 0.29) is 11.9 Å². The van der Waals surface area contributed by atoms with Gasteiger partial charge < -0.3 is 10.5 Å². The highest BCUT2D eigenvalue weighted by Gasteiger charge is 2.22. The third kappa shape index (κ3) is 5.83. The van der Waals surface area contributed by atoms with Gasteiger partial charge in [0, 0.05) is 15.4 Å². The molecule has 3 rings (SSSR count). The zero-order valence-electron chi connectivity index (χ0n) is 17.5. The van der Waals surface area contributed by atoms with Crippen molar-refractivity contribution in [1.29, 1.82) is 0 Å². The number of likely N-dealkylation sites (N-methyl/N-ethyl adjacent to an activating group) is 1. The number of methoxy groups -OCH3 is 1. The Kier molecular flexibility index (Phi) is 8.30. The van der Waals surface area contributed by atoms with Gasteiger partial charge in [-0.05, 0) is 74.0 Å². The number of hydrogen-bond acceptors (Lipinski definition) is 5. The first-order valence-corrected chi connectivity index (χ1v) is 11.9. The fourth-order valence-corrected chi connectivity index (χ4v) is 5.16. The van der Waals surface area contributed by atoms with Crippen LogP contribution >= 0.6 is 27.3 Å². The average molecular weight is 493 g/mol. The number of carbonyl (C=O) groups is 1. The number of halogens is 1. The number of ether oxygens (including phenoxy) is 1. The summed E-state index contributed by atoms with van der Waals surface area (Å²) in [5.74, 6) is 0.839. The molecule has 2 heterocycles. The Morgan fingerprint density at radius 2 is 2.23 bits per heavy atom. The molecule has 3 N–H and O–H groups in total. The number of hydrogen-bond donors (Lipinski definition) is 2. The van der Waals surface area contributed by atoms with Crippen molar-refractivity contribution in [3.05, 3.63) is 50.1 Å². The molecule has 1 saturated heterocycles. The molecule has 0 bridgehead atoms. The molecule has 162 valence electrons. The molecule has 1 aromatic heterocycles. The van der Waals surface area contributed by atoms with Gasteiger partial charge in [-0.3, -0.25) is 20.0 Å². The molecule has 1 amide bonds. The van der Waals surface area contributed by atoms with Crippen molar-refractivity contribution in [2.75, 3.05) is 26.7 Å². The van der Waals surface area contributed by atoms with E-state index in [4.69, 9.17) is 10.5 Å². The molecule has 1 fully saturated rings. The Hall–Kier alpha value is -1.90. The van der Waals surface area contributed by atoms with E-state index in [1.54, 1.807) is 18.4 Å². The Balaban J connectivity index is 1.59. The van der Waals surface area contributed by atoms with Crippen LogP contribution in [-0.2, 0) is 12.8 Å². The number of nitrogens with zero attached hydrogens (tertiary/aromatic N) is 2. The van der Waals surface area contributed by atoms with E-state index in [0.29, 0.717) is 18.2 Å². The number of nitrogens with two attached hydrogens (primary N) is 1. The smallest absolute Gasteiger partial charge is 0.259 e. The number of rotatable bonds is 8. The Bertz CT molecular complexity index is 899. The van der Waals surface area contributed by atoms with Crippen LogP contribution in [0.15, 0.2) is 39.1 Å². The third-order valence-corrected chi connectivity index (χ3v) is 6.95. The number of likely N-dealkylation sites (tertiary alicyclic amines) is 1. The van der Waals surface area contributed by atoms with Crippen LogP contribution in [0.1, 0.15) is 40.6 Å². The number of amides is 1. The minimum absolute atomic E-state index is 0.189. The van der Waals surface area contributed by atoms with Gasteiger partial charge in [0.2, 0.25) is 0 Å². The van der Waals surface area contributed by atoms with Crippen LogP contribution in [-0.4, -0.2) is 49.6 Å². The maximum atomic E-state index is 12.7. The standard InChI is InChI=1S/C22H29BrN4O2S/c1-3-27-11-4-5-17(27)14-25-22(24)26-21(28)18-10-12-30-20(18)9-6-15-13-16(23)7-8-19(15)29-2/h7-8,10,12-13,17H,3-6,9,11,14H2,1-2H3,(H3,24,25,26,28). The molecule has 2 aromatic rings. The van der Waals surface area contributed by atoms with Crippen LogP contribution < -0.4 is 15.8 Å². The third-order valence-electron chi connectivity index (χ3n) is 5.47. The van der Waals surface area contributed by atoms with Gasteiger partial charge in [0.15, 0.2) is 5.96 Å². The van der Waals surface area contributed by atoms with Crippen molar-refractivity contribution >= 4 is 39.1 Å². The predicted molar refractivity (Wildman–Crippen MR) is 127 cm³/mol. The summed E-state index contributed by atoms with van der Waals surface area (Å²) in [5.41, 5.74) is 7.75. The summed E-state index contributed by atoms with van der Waals surface area (Å²) < 4.78 is 6.46. The molecule has 8 heteroatoms.